The van der Waals surface area contributed by atoms with Crippen molar-refractivity contribution in [2.75, 3.05) is 0 Å². The van der Waals surface area contributed by atoms with Gasteiger partial charge in [-0.25, -0.2) is 4.98 Å². The Bertz CT molecular complexity index is 275. The molecule has 1 atom stereocenters. The van der Waals surface area contributed by atoms with Crippen LogP contribution in [0.3, 0.4) is 0 Å². The van der Waals surface area contributed by atoms with E-state index in [4.69, 9.17) is 11.6 Å². The third-order valence-corrected chi connectivity index (χ3v) is 4.11. The maximum Gasteiger partial charge on any atom is 0.107 e. The molecule has 0 aromatic carbocycles. The van der Waals surface area contributed by atoms with Gasteiger partial charge in [-0.05, 0) is 18.3 Å². The monoisotopic (exact) mass is 212 g/mol. The molecule has 1 unspecified atom stereocenters. The van der Waals surface area contributed by atoms with E-state index in [1.807, 2.05) is 6.20 Å². The van der Waals surface area contributed by atoms with E-state index in [9.17, 15) is 0 Å². The molecule has 0 radical (unpaired) electrons. The van der Waals surface area contributed by atoms with Gasteiger partial charge in [0.2, 0.25) is 0 Å². The molecule has 1 fully saturated rings. The van der Waals surface area contributed by atoms with Gasteiger partial charge in [0, 0.05) is 24.2 Å². The number of alkyl halides is 1. The highest BCUT2D eigenvalue weighted by Crippen LogP contribution is 2.43. The number of H-pyrrole nitrogens is 1. The zero-order valence-electron chi connectivity index (χ0n) is 8.59. The van der Waals surface area contributed by atoms with Crippen molar-refractivity contribution >= 4 is 11.6 Å². The van der Waals surface area contributed by atoms with Crippen molar-refractivity contribution in [2.45, 2.75) is 44.4 Å². The minimum Gasteiger partial charge on any atom is -0.349 e. The summed E-state index contributed by atoms with van der Waals surface area (Å²) in [6.07, 6.45) is 9.70. The van der Waals surface area contributed by atoms with Crippen LogP contribution in [0.5, 0.6) is 0 Å². The maximum atomic E-state index is 6.46. The molecule has 2 nitrogen and oxygen atoms in total. The van der Waals surface area contributed by atoms with Gasteiger partial charge >= 0.3 is 0 Å². The molecule has 1 saturated carbocycles. The molecule has 0 bridgehead atoms. The van der Waals surface area contributed by atoms with Crippen LogP contribution >= 0.6 is 11.6 Å². The van der Waals surface area contributed by atoms with Gasteiger partial charge in [0.25, 0.3) is 0 Å². The Morgan fingerprint density at radius 2 is 2.29 bits per heavy atom. The summed E-state index contributed by atoms with van der Waals surface area (Å²) in [5.74, 6) is 1.01. The van der Waals surface area contributed by atoms with Gasteiger partial charge in [0.1, 0.15) is 5.82 Å². The first-order chi connectivity index (χ1) is 6.71. The minimum absolute atomic E-state index is 0.219. The van der Waals surface area contributed by atoms with Crippen LogP contribution in [0.25, 0.3) is 0 Å². The fraction of sp³-hybridized carbons (Fsp3) is 0.727. The predicted octanol–water partition coefficient (Wildman–Crippen LogP) is 3.14. The van der Waals surface area contributed by atoms with Crippen molar-refractivity contribution in [3.05, 3.63) is 18.2 Å². The SMILES string of the molecule is CC1(C(Cl)Cc2ncc[nH]2)CCCC1. The average Bonchev–Trinajstić information content (AvgIpc) is 2.76. The van der Waals surface area contributed by atoms with Crippen molar-refractivity contribution in [1.82, 2.24) is 9.97 Å². The summed E-state index contributed by atoms with van der Waals surface area (Å²) in [6, 6.07) is 0. The summed E-state index contributed by atoms with van der Waals surface area (Å²) in [4.78, 5) is 7.33. The Kier molecular flexibility index (Phi) is 2.82. The largest absolute Gasteiger partial charge is 0.349 e. The van der Waals surface area contributed by atoms with Crippen LogP contribution in [0.4, 0.5) is 0 Å². The Hall–Kier alpha value is -0.500. The summed E-state index contributed by atoms with van der Waals surface area (Å²) in [5.41, 5.74) is 0.328. The second-order valence-electron chi connectivity index (χ2n) is 4.57. The zero-order valence-corrected chi connectivity index (χ0v) is 9.35. The lowest BCUT2D eigenvalue weighted by molar-refractivity contribution is 0.314. The molecular weight excluding hydrogens is 196 g/mol. The summed E-state index contributed by atoms with van der Waals surface area (Å²) in [5, 5.41) is 0.219. The summed E-state index contributed by atoms with van der Waals surface area (Å²) >= 11 is 6.46. The molecule has 1 aliphatic carbocycles. The second kappa shape index (κ2) is 3.93. The molecule has 0 spiro atoms. The molecule has 2 rings (SSSR count). The number of nitrogens with zero attached hydrogens (tertiary/aromatic N) is 1. The van der Waals surface area contributed by atoms with E-state index in [0.29, 0.717) is 5.41 Å². The molecule has 1 aromatic heterocycles. The van der Waals surface area contributed by atoms with E-state index in [1.54, 1.807) is 6.20 Å². The van der Waals surface area contributed by atoms with Gasteiger partial charge in [0.15, 0.2) is 0 Å². The van der Waals surface area contributed by atoms with Crippen molar-refractivity contribution in [2.24, 2.45) is 5.41 Å². The van der Waals surface area contributed by atoms with Gasteiger partial charge in [0.05, 0.1) is 0 Å². The van der Waals surface area contributed by atoms with Crippen LogP contribution in [-0.4, -0.2) is 15.3 Å². The molecule has 14 heavy (non-hydrogen) atoms. The van der Waals surface area contributed by atoms with Gasteiger partial charge < -0.3 is 4.98 Å². The third-order valence-electron chi connectivity index (χ3n) is 3.43. The third kappa shape index (κ3) is 1.95. The molecule has 1 aliphatic rings. The number of hydrogen-bond donors (Lipinski definition) is 1. The number of aromatic amines is 1. The first kappa shape index (κ1) is 10.0. The molecule has 1 heterocycles. The van der Waals surface area contributed by atoms with E-state index in [0.717, 1.165) is 12.2 Å². The quantitative estimate of drug-likeness (QED) is 0.767. The fourth-order valence-corrected chi connectivity index (χ4v) is 2.69. The smallest absolute Gasteiger partial charge is 0.107 e. The normalized spacial score (nSPS) is 22.4. The molecular formula is C11H17ClN2. The lowest BCUT2D eigenvalue weighted by atomic mass is 9.83. The Morgan fingerprint density at radius 1 is 1.57 bits per heavy atom. The molecule has 0 aliphatic heterocycles. The van der Waals surface area contributed by atoms with Gasteiger partial charge in [-0.3, -0.25) is 0 Å². The summed E-state index contributed by atoms with van der Waals surface area (Å²) in [7, 11) is 0. The van der Waals surface area contributed by atoms with Crippen LogP contribution in [-0.2, 0) is 6.42 Å². The number of imidazole rings is 1. The number of halogens is 1. The highest BCUT2D eigenvalue weighted by atomic mass is 35.5. The Labute approximate surface area is 90.1 Å². The molecule has 1 N–H and O–H groups in total. The number of nitrogens with one attached hydrogen (secondary N) is 1. The lowest BCUT2D eigenvalue weighted by Crippen LogP contribution is -2.27. The van der Waals surface area contributed by atoms with E-state index in [2.05, 4.69) is 16.9 Å². The summed E-state index contributed by atoms with van der Waals surface area (Å²) < 4.78 is 0. The van der Waals surface area contributed by atoms with E-state index >= 15 is 0 Å². The number of hydrogen-bond acceptors (Lipinski definition) is 1. The van der Waals surface area contributed by atoms with Gasteiger partial charge in [-0.2, -0.15) is 0 Å². The predicted molar refractivity (Wildman–Crippen MR) is 58.5 cm³/mol. The highest BCUT2D eigenvalue weighted by molar-refractivity contribution is 6.21. The number of aromatic nitrogens is 2. The average molecular weight is 213 g/mol. The van der Waals surface area contributed by atoms with E-state index in [-0.39, 0.29) is 5.38 Å². The molecule has 1 aromatic rings. The molecule has 3 heteroatoms. The molecule has 78 valence electrons. The number of rotatable bonds is 3. The fourth-order valence-electron chi connectivity index (χ4n) is 2.32. The van der Waals surface area contributed by atoms with Gasteiger partial charge in [-0.1, -0.05) is 19.8 Å². The van der Waals surface area contributed by atoms with Crippen LogP contribution < -0.4 is 0 Å². The first-order valence-electron chi connectivity index (χ1n) is 5.33. The second-order valence-corrected chi connectivity index (χ2v) is 5.10. The van der Waals surface area contributed by atoms with Crippen molar-refractivity contribution in [3.63, 3.8) is 0 Å². The van der Waals surface area contributed by atoms with Crippen molar-refractivity contribution < 1.29 is 0 Å². The highest BCUT2D eigenvalue weighted by Gasteiger charge is 2.36. The summed E-state index contributed by atoms with van der Waals surface area (Å²) in [6.45, 7) is 2.31. The van der Waals surface area contributed by atoms with Crippen LogP contribution in [0.15, 0.2) is 12.4 Å². The first-order valence-corrected chi connectivity index (χ1v) is 5.77. The topological polar surface area (TPSA) is 28.7 Å². The van der Waals surface area contributed by atoms with E-state index in [1.165, 1.54) is 25.7 Å². The van der Waals surface area contributed by atoms with Crippen molar-refractivity contribution in [3.8, 4) is 0 Å². The van der Waals surface area contributed by atoms with Crippen LogP contribution in [0, 0.1) is 5.41 Å². The van der Waals surface area contributed by atoms with E-state index < -0.39 is 0 Å². The zero-order chi connectivity index (χ0) is 10.0. The van der Waals surface area contributed by atoms with Crippen LogP contribution in [0.1, 0.15) is 38.4 Å². The Balaban J connectivity index is 1.98. The Morgan fingerprint density at radius 3 is 2.86 bits per heavy atom. The standard InChI is InChI=1S/C11H17ClN2/c1-11(4-2-3-5-11)9(12)8-10-13-6-7-14-10/h6-7,9H,2-5,8H2,1H3,(H,13,14). The van der Waals surface area contributed by atoms with Gasteiger partial charge in [-0.15, -0.1) is 11.6 Å². The molecule has 0 saturated heterocycles. The minimum atomic E-state index is 0.219. The maximum absolute atomic E-state index is 6.46. The van der Waals surface area contributed by atoms with Crippen LogP contribution in [0.2, 0.25) is 0 Å². The van der Waals surface area contributed by atoms with Crippen molar-refractivity contribution in [1.29, 1.82) is 0 Å². The molecule has 0 amide bonds. The lowest BCUT2D eigenvalue weighted by Gasteiger charge is -2.28.